The number of ether oxygens (including phenoxy) is 1. The molecule has 0 aliphatic heterocycles. The topological polar surface area (TPSA) is 76.4 Å². The predicted molar refractivity (Wildman–Crippen MR) is 205 cm³/mol. The maximum atomic E-state index is 10.8. The van der Waals surface area contributed by atoms with Crippen LogP contribution in [-0.2, 0) is 16.1 Å². The van der Waals surface area contributed by atoms with Crippen molar-refractivity contribution < 1.29 is 9.53 Å². The van der Waals surface area contributed by atoms with Crippen molar-refractivity contribution in [3.63, 3.8) is 0 Å². The molecule has 255 valence electrons. The number of carbonyl (C=O) groups excluding carboxylic acids is 1. The van der Waals surface area contributed by atoms with Gasteiger partial charge in [-0.15, -0.1) is 11.3 Å². The fourth-order valence-electron chi connectivity index (χ4n) is 3.49. The molecule has 1 fully saturated rings. The van der Waals surface area contributed by atoms with Gasteiger partial charge in [-0.05, 0) is 69.5 Å². The summed E-state index contributed by atoms with van der Waals surface area (Å²) in [6.07, 6.45) is 9.46. The number of thiophene rings is 1. The average molecular weight is 854 g/mol. The molecule has 5 nitrogen and oxygen atoms in total. The summed E-state index contributed by atoms with van der Waals surface area (Å²) in [5, 5.41) is 8.44. The first kappa shape index (κ1) is 48.0. The zero-order valence-corrected chi connectivity index (χ0v) is 35.5. The van der Waals surface area contributed by atoms with Gasteiger partial charge in [-0.25, -0.2) is 0 Å². The zero-order chi connectivity index (χ0) is 34.9. The van der Waals surface area contributed by atoms with E-state index < -0.39 is 0 Å². The van der Waals surface area contributed by atoms with Crippen LogP contribution in [0.3, 0.4) is 0 Å². The Morgan fingerprint density at radius 2 is 1.62 bits per heavy atom. The Morgan fingerprint density at radius 3 is 2.00 bits per heavy atom. The third-order valence-corrected chi connectivity index (χ3v) is 8.78. The van der Waals surface area contributed by atoms with Crippen LogP contribution in [0.15, 0.2) is 82.3 Å². The Labute approximate surface area is 302 Å². The normalized spacial score (nSPS) is 14.9. The van der Waals surface area contributed by atoms with E-state index in [0.717, 1.165) is 82.4 Å². The maximum absolute atomic E-state index is 10.8. The van der Waals surface area contributed by atoms with Crippen LogP contribution >= 0.6 is 23.1 Å². The molecule has 4 N–H and O–H groups in total. The Hall–Kier alpha value is -1.40. The fraction of sp³-hybridized carbons (Fsp3) is 0.541. The molecule has 1 aromatic heterocycles. The monoisotopic (exact) mass is 854 g/mol. The molecule has 1 heterocycles. The number of nitrogens with two attached hydrogens (primary N) is 1. The van der Waals surface area contributed by atoms with Crippen LogP contribution < -0.4 is 14.2 Å². The van der Waals surface area contributed by atoms with Crippen LogP contribution in [0.5, 0.6) is 0 Å². The molecule has 0 saturated heterocycles. The van der Waals surface area contributed by atoms with E-state index in [4.69, 9.17) is 4.74 Å². The molecule has 1 aliphatic rings. The van der Waals surface area contributed by atoms with Crippen LogP contribution in [0, 0.1) is 18.8 Å². The predicted octanol–water partition coefficient (Wildman–Crippen LogP) is 9.98. The van der Waals surface area contributed by atoms with Gasteiger partial charge in [-0.3, -0.25) is 4.79 Å². The molecule has 0 bridgehead atoms. The molecule has 8 heteroatoms. The Balaban J connectivity index is -0.000000527. The summed E-state index contributed by atoms with van der Waals surface area (Å²) in [5.74, 6) is 2.50. The van der Waals surface area contributed by atoms with E-state index in [1.54, 1.807) is 17.8 Å². The van der Waals surface area contributed by atoms with Crippen molar-refractivity contribution in [1.82, 2.24) is 10.6 Å². The summed E-state index contributed by atoms with van der Waals surface area (Å²) in [5.41, 5.74) is 2.14. The van der Waals surface area contributed by atoms with Gasteiger partial charge in [0, 0.05) is 18.0 Å². The summed E-state index contributed by atoms with van der Waals surface area (Å²) in [4.78, 5) is 12.2. The van der Waals surface area contributed by atoms with Gasteiger partial charge in [0.05, 0.1) is 16.0 Å². The second kappa shape index (κ2) is 35.5. The number of thioether (sulfide) groups is 1. The first-order valence-corrected chi connectivity index (χ1v) is 20.3. The number of aryl methyl sites for hydroxylation is 1. The number of rotatable bonds is 13. The van der Waals surface area contributed by atoms with Gasteiger partial charge < -0.3 is 15.4 Å². The van der Waals surface area contributed by atoms with E-state index in [1.165, 1.54) is 27.5 Å². The summed E-state index contributed by atoms with van der Waals surface area (Å²) >= 11 is 4.38. The molecule has 45 heavy (non-hydrogen) atoms. The number of hydrogen-bond acceptors (Lipinski definition) is 7. The average Bonchev–Trinajstić information content (AvgIpc) is 3.54. The number of carbonyl (C=O) groups is 1. The van der Waals surface area contributed by atoms with E-state index in [0.29, 0.717) is 5.76 Å². The fourth-order valence-corrected chi connectivity index (χ4v) is 5.34. The van der Waals surface area contributed by atoms with E-state index in [2.05, 4.69) is 92.0 Å². The van der Waals surface area contributed by atoms with Gasteiger partial charge >= 0.3 is 29.6 Å². The minimum atomic E-state index is 0.142. The van der Waals surface area contributed by atoms with Gasteiger partial charge in [-0.2, -0.15) is 0 Å². The molecule has 3 radical (unpaired) electrons. The molecular weight excluding hydrogens is 790 g/mol. The van der Waals surface area contributed by atoms with Crippen LogP contribution in [0.4, 0.5) is 0 Å². The van der Waals surface area contributed by atoms with E-state index >= 15 is 0 Å². The molecule has 1 aliphatic carbocycles. The quantitative estimate of drug-likeness (QED) is 0.0466. The Bertz CT molecular complexity index is 985. The number of nitrogens with one attached hydrogen (secondary N) is 2. The van der Waals surface area contributed by atoms with Crippen molar-refractivity contribution in [2.24, 2.45) is 15.4 Å². The first-order valence-electron chi connectivity index (χ1n) is 16.4. The van der Waals surface area contributed by atoms with Crippen molar-refractivity contribution in [1.29, 1.82) is 0 Å². The first-order chi connectivity index (χ1) is 21.8. The number of allylic oxidation sites excluding steroid dienone is 4. The number of aldehydes is 1. The molecule has 1 aromatic carbocycles. The van der Waals surface area contributed by atoms with Crippen molar-refractivity contribution in [2.75, 3.05) is 13.1 Å². The summed E-state index contributed by atoms with van der Waals surface area (Å²) < 4.78 is 11.5. The van der Waals surface area contributed by atoms with Crippen molar-refractivity contribution in [3.8, 4) is 0 Å². The second-order valence-electron chi connectivity index (χ2n) is 10.1. The molecule has 0 amide bonds. The summed E-state index contributed by atoms with van der Waals surface area (Å²) in [6.45, 7) is 27.3. The Kier molecular flexibility index (Phi) is 37.8. The van der Waals surface area contributed by atoms with Crippen LogP contribution in [0.25, 0.3) is 0 Å². The number of hydrogen-bond donors (Lipinski definition) is 3. The van der Waals surface area contributed by atoms with Gasteiger partial charge in [0.2, 0.25) is 0 Å². The van der Waals surface area contributed by atoms with Gasteiger partial charge in [0.15, 0.2) is 12.0 Å². The van der Waals surface area contributed by atoms with Gasteiger partial charge in [0.25, 0.3) is 0 Å². The van der Waals surface area contributed by atoms with Crippen molar-refractivity contribution in [3.05, 3.63) is 88.5 Å². The van der Waals surface area contributed by atoms with Crippen LogP contribution in [-0.4, -0.2) is 51.5 Å². The Morgan fingerprint density at radius 1 is 1.04 bits per heavy atom. The van der Waals surface area contributed by atoms with Crippen LogP contribution in [0.1, 0.15) is 98.4 Å². The van der Waals surface area contributed by atoms with Gasteiger partial charge in [-0.1, -0.05) is 128 Å². The molecule has 3 rings (SSSR count). The van der Waals surface area contributed by atoms with E-state index in [-0.39, 0.29) is 6.10 Å². The molecular formula is C37H64N3O2PbS2. The third kappa shape index (κ3) is 27.4. The van der Waals surface area contributed by atoms with E-state index in [1.807, 2.05) is 63.3 Å². The molecule has 2 aromatic rings. The molecule has 0 spiro atoms. The zero-order valence-electron chi connectivity index (χ0n) is 30.0. The van der Waals surface area contributed by atoms with Crippen LogP contribution in [0.2, 0.25) is 0 Å². The van der Waals surface area contributed by atoms with Gasteiger partial charge in [0.1, 0.15) is 0 Å². The minimum absolute atomic E-state index is 0.142. The second-order valence-corrected chi connectivity index (χ2v) is 12.4. The summed E-state index contributed by atoms with van der Waals surface area (Å²) in [7, 11) is 0. The molecule has 2 unspecified atom stereocenters. The van der Waals surface area contributed by atoms with E-state index in [9.17, 15) is 4.79 Å². The molecule has 1 saturated carbocycles. The third-order valence-electron chi connectivity index (χ3n) is 6.70. The molecule has 2 atom stereocenters. The number of benzene rings is 1. The standard InChI is InChI=1S/C11H21NO2.C11H15NS2.C7H8.C6H12.C2H6.H2N.Pb/c1-5-10(6-2)14-11(8-13)9(4)12-7-3;1-3-5-8-13-11-7-6-10(14-11)9-12-4-2;1-7-5-3-2-4-6-7;1-5-3-4-6(5)2;1-2;;/h8,10,12H,5-7H2,1-4H3;3,5-8,12H,1,4,9H2,2H3;2-6H,1H3;5-6H,3-4H2,1-2H3;1-2H3;1H2;/q;;;;;-1;+1/b11-9-;8-5-;;;;;. The SMILES string of the molecule is C=C/C=C\Sc1ccc(CNCC)s1.CC.CC1CCC1C.CCN/C(C)=C(/C=O)OC(CC)CC.Cc1ccccc1.[NH2][Pb]. The summed E-state index contributed by atoms with van der Waals surface area (Å²) in [6, 6.07) is 14.6. The van der Waals surface area contributed by atoms with Crippen molar-refractivity contribution in [2.45, 2.75) is 112 Å². The van der Waals surface area contributed by atoms with Crippen molar-refractivity contribution >= 4 is 55.5 Å².